The molecule has 2 aromatic rings. The number of sulfonamides is 1. The molecule has 0 aliphatic rings. The molecule has 0 saturated carbocycles. The summed E-state index contributed by atoms with van der Waals surface area (Å²) in [6.07, 6.45) is 2.34. The molecule has 0 fully saturated rings. The van der Waals surface area contributed by atoms with Crippen LogP contribution in [0.5, 0.6) is 0 Å². The number of hydrogen-bond donors (Lipinski definition) is 2. The van der Waals surface area contributed by atoms with Crippen molar-refractivity contribution in [1.82, 2.24) is 15.0 Å². The van der Waals surface area contributed by atoms with Gasteiger partial charge in [0.2, 0.25) is 15.9 Å². The molecular weight excluding hydrogens is 298 g/mol. The van der Waals surface area contributed by atoms with E-state index in [0.29, 0.717) is 12.4 Å². The van der Waals surface area contributed by atoms with Gasteiger partial charge in [0.25, 0.3) is 0 Å². The molecule has 0 atom stereocenters. The topological polar surface area (TPSA) is 84.2 Å². The quantitative estimate of drug-likeness (QED) is 0.809. The summed E-state index contributed by atoms with van der Waals surface area (Å²) in [5.41, 5.74) is 0. The van der Waals surface area contributed by atoms with E-state index in [-0.39, 0.29) is 11.4 Å². The van der Waals surface area contributed by atoms with E-state index in [1.54, 1.807) is 17.6 Å². The molecule has 0 bridgehead atoms. The smallest absolute Gasteiger partial charge is 0.241 e. The van der Waals surface area contributed by atoms with Gasteiger partial charge < -0.3 is 9.73 Å². The van der Waals surface area contributed by atoms with Crippen LogP contribution < -0.4 is 10.0 Å². The van der Waals surface area contributed by atoms with Crippen molar-refractivity contribution in [2.45, 2.75) is 31.3 Å². The van der Waals surface area contributed by atoms with Gasteiger partial charge in [-0.25, -0.2) is 18.1 Å². The fraction of sp³-hybridized carbons (Fsp3) is 0.417. The Morgan fingerprint density at radius 1 is 1.40 bits per heavy atom. The van der Waals surface area contributed by atoms with Crippen LogP contribution in [0, 0.1) is 0 Å². The number of hydrogen-bond acceptors (Lipinski definition) is 6. The second-order valence-electron chi connectivity index (χ2n) is 4.18. The number of aromatic nitrogens is 1. The Morgan fingerprint density at radius 3 is 2.85 bits per heavy atom. The molecular formula is C12H17N3O3S2. The van der Waals surface area contributed by atoms with Crippen molar-refractivity contribution in [3.8, 4) is 0 Å². The van der Waals surface area contributed by atoms with Crippen molar-refractivity contribution >= 4 is 21.4 Å². The normalized spacial score (nSPS) is 11.9. The van der Waals surface area contributed by atoms with E-state index >= 15 is 0 Å². The van der Waals surface area contributed by atoms with Crippen LogP contribution >= 0.6 is 11.3 Å². The van der Waals surface area contributed by atoms with E-state index < -0.39 is 10.0 Å². The summed E-state index contributed by atoms with van der Waals surface area (Å²) in [6, 6.07) is 1.66. The van der Waals surface area contributed by atoms with Gasteiger partial charge in [-0.2, -0.15) is 0 Å². The minimum absolute atomic E-state index is 0.0551. The highest BCUT2D eigenvalue weighted by molar-refractivity contribution is 7.89. The second kappa shape index (κ2) is 6.49. The highest BCUT2D eigenvalue weighted by Gasteiger charge is 2.17. The maximum absolute atomic E-state index is 12.1. The molecule has 0 radical (unpaired) electrons. The number of thiophene rings is 1. The zero-order valence-corrected chi connectivity index (χ0v) is 13.0. The first kappa shape index (κ1) is 15.2. The van der Waals surface area contributed by atoms with Gasteiger partial charge in [-0.05, 0) is 13.1 Å². The van der Waals surface area contributed by atoms with Crippen LogP contribution in [-0.2, 0) is 29.5 Å². The Hall–Kier alpha value is -1.22. The van der Waals surface area contributed by atoms with Crippen molar-refractivity contribution in [3.63, 3.8) is 0 Å². The zero-order valence-electron chi connectivity index (χ0n) is 11.3. The first-order chi connectivity index (χ1) is 9.55. The van der Waals surface area contributed by atoms with E-state index in [1.165, 1.54) is 11.3 Å². The number of rotatable bonds is 7. The molecule has 2 N–H and O–H groups in total. The number of oxazole rings is 1. The molecule has 8 heteroatoms. The highest BCUT2D eigenvalue weighted by atomic mass is 32.2. The monoisotopic (exact) mass is 315 g/mol. The molecule has 2 rings (SSSR count). The molecule has 6 nitrogen and oxygen atoms in total. The van der Waals surface area contributed by atoms with Gasteiger partial charge in [0.05, 0.1) is 17.6 Å². The lowest BCUT2D eigenvalue weighted by Crippen LogP contribution is -2.23. The highest BCUT2D eigenvalue weighted by Crippen LogP contribution is 2.19. The largest absolute Gasteiger partial charge is 0.444 e. The average Bonchev–Trinajstić information content (AvgIpc) is 3.06. The van der Waals surface area contributed by atoms with Gasteiger partial charge in [0.15, 0.2) is 0 Å². The van der Waals surface area contributed by atoms with Crippen LogP contribution in [0.1, 0.15) is 23.5 Å². The fourth-order valence-electron chi connectivity index (χ4n) is 1.60. The Labute approximate surface area is 122 Å². The molecule has 2 aromatic heterocycles. The molecule has 110 valence electrons. The molecule has 0 amide bonds. The summed E-state index contributed by atoms with van der Waals surface area (Å²) < 4.78 is 32.1. The Bertz CT molecular complexity index is 661. The van der Waals surface area contributed by atoms with Crippen LogP contribution in [-0.4, -0.2) is 20.4 Å². The summed E-state index contributed by atoms with van der Waals surface area (Å²) in [5.74, 6) is 1.11. The van der Waals surface area contributed by atoms with E-state index in [1.807, 2.05) is 14.0 Å². The minimum atomic E-state index is -3.52. The summed E-state index contributed by atoms with van der Waals surface area (Å²) in [6.45, 7) is 2.66. The molecule has 0 aromatic carbocycles. The van der Waals surface area contributed by atoms with Crippen LogP contribution in [0.25, 0.3) is 0 Å². The maximum atomic E-state index is 12.1. The van der Waals surface area contributed by atoms with Crippen molar-refractivity contribution in [2.75, 3.05) is 7.05 Å². The third-order valence-electron chi connectivity index (χ3n) is 2.65. The first-order valence-corrected chi connectivity index (χ1v) is 8.56. The molecule has 0 spiro atoms. The third kappa shape index (κ3) is 3.66. The molecule has 0 saturated heterocycles. The molecule has 0 unspecified atom stereocenters. The Morgan fingerprint density at radius 2 is 2.20 bits per heavy atom. The molecule has 20 heavy (non-hydrogen) atoms. The summed E-state index contributed by atoms with van der Waals surface area (Å²) in [4.78, 5) is 5.26. The summed E-state index contributed by atoms with van der Waals surface area (Å²) >= 11 is 1.41. The second-order valence-corrected chi connectivity index (χ2v) is 6.94. The number of nitrogens with zero attached hydrogens (tertiary/aromatic N) is 1. The number of nitrogens with one attached hydrogen (secondary N) is 2. The van der Waals surface area contributed by atoms with Gasteiger partial charge in [0, 0.05) is 23.2 Å². The zero-order chi connectivity index (χ0) is 14.6. The van der Waals surface area contributed by atoms with Gasteiger partial charge in [-0.15, -0.1) is 11.3 Å². The number of aryl methyl sites for hydroxylation is 1. The Kier molecular flexibility index (Phi) is 4.92. The lowest BCUT2D eigenvalue weighted by molar-refractivity contribution is 0.452. The predicted molar refractivity (Wildman–Crippen MR) is 77.0 cm³/mol. The average molecular weight is 315 g/mol. The molecule has 0 aliphatic heterocycles. The predicted octanol–water partition coefficient (Wildman–Crippen LogP) is 1.50. The van der Waals surface area contributed by atoms with E-state index in [0.717, 1.165) is 17.1 Å². The van der Waals surface area contributed by atoms with E-state index in [9.17, 15) is 8.42 Å². The first-order valence-electron chi connectivity index (χ1n) is 6.20. The van der Waals surface area contributed by atoms with Crippen LogP contribution in [0.4, 0.5) is 0 Å². The summed E-state index contributed by atoms with van der Waals surface area (Å²) in [5, 5.41) is 4.61. The van der Waals surface area contributed by atoms with Crippen molar-refractivity contribution in [1.29, 1.82) is 0 Å². The maximum Gasteiger partial charge on any atom is 0.241 e. The summed E-state index contributed by atoms with van der Waals surface area (Å²) in [7, 11) is -1.70. The fourth-order valence-corrected chi connectivity index (χ4v) is 3.86. The molecule has 0 aliphatic carbocycles. The van der Waals surface area contributed by atoms with E-state index in [4.69, 9.17) is 4.42 Å². The molecule has 2 heterocycles. The van der Waals surface area contributed by atoms with Gasteiger partial charge in [-0.3, -0.25) is 0 Å². The van der Waals surface area contributed by atoms with Gasteiger partial charge in [-0.1, -0.05) is 6.92 Å². The standard InChI is InChI=1S/C12H17N3O3S2/c1-3-9-5-14-12(18-9)7-15-20(16,17)11-4-10(6-13-2)19-8-11/h4-5,8,13,15H,3,6-7H2,1-2H3. The van der Waals surface area contributed by atoms with E-state index in [2.05, 4.69) is 15.0 Å². The van der Waals surface area contributed by atoms with Gasteiger partial charge in [0.1, 0.15) is 5.76 Å². The lowest BCUT2D eigenvalue weighted by atomic mass is 10.4. The third-order valence-corrected chi connectivity index (χ3v) is 5.12. The minimum Gasteiger partial charge on any atom is -0.444 e. The van der Waals surface area contributed by atoms with Crippen molar-refractivity contribution in [3.05, 3.63) is 34.2 Å². The van der Waals surface area contributed by atoms with Crippen LogP contribution in [0.2, 0.25) is 0 Å². The lowest BCUT2D eigenvalue weighted by Gasteiger charge is -2.02. The van der Waals surface area contributed by atoms with Crippen LogP contribution in [0.15, 0.2) is 27.0 Å². The van der Waals surface area contributed by atoms with Crippen molar-refractivity contribution < 1.29 is 12.8 Å². The van der Waals surface area contributed by atoms with Gasteiger partial charge >= 0.3 is 0 Å². The Balaban J connectivity index is 2.02. The van der Waals surface area contributed by atoms with Crippen LogP contribution in [0.3, 0.4) is 0 Å². The van der Waals surface area contributed by atoms with Crippen molar-refractivity contribution in [2.24, 2.45) is 0 Å². The SMILES string of the molecule is CCc1cnc(CNS(=O)(=O)c2csc(CNC)c2)o1.